The number of nitrogens with one attached hydrogen (secondary N) is 1. The lowest BCUT2D eigenvalue weighted by Crippen LogP contribution is -2.42. The lowest BCUT2D eigenvalue weighted by atomic mass is 9.68. The minimum absolute atomic E-state index is 0.0602. The average molecular weight is 591 g/mol. The summed E-state index contributed by atoms with van der Waals surface area (Å²) in [4.78, 5) is 56.1. The van der Waals surface area contributed by atoms with Gasteiger partial charge in [0.2, 0.25) is 11.8 Å². The zero-order valence-electron chi connectivity index (χ0n) is 22.2. The number of hydrogen-bond donors (Lipinski definition) is 2. The van der Waals surface area contributed by atoms with E-state index in [0.717, 1.165) is 33.4 Å². The van der Waals surface area contributed by atoms with E-state index in [1.165, 1.54) is 16.2 Å². The van der Waals surface area contributed by atoms with Crippen LogP contribution in [0, 0.1) is 29.6 Å². The van der Waals surface area contributed by atoms with Crippen LogP contribution in [0.25, 0.3) is 0 Å². The number of unbranched alkanes of at least 4 members (excludes halogenated alkanes) is 2. The van der Waals surface area contributed by atoms with Gasteiger partial charge in [0.05, 0.1) is 16.9 Å². The second kappa shape index (κ2) is 10.5. The van der Waals surface area contributed by atoms with Crippen LogP contribution >= 0.6 is 23.1 Å². The average Bonchev–Trinajstić information content (AvgIpc) is 3.69. The van der Waals surface area contributed by atoms with Gasteiger partial charge in [-0.05, 0) is 66.8 Å². The fourth-order valence-corrected chi connectivity index (χ4v) is 10.7. The van der Waals surface area contributed by atoms with E-state index in [4.69, 9.17) is 9.84 Å². The highest BCUT2D eigenvalue weighted by Gasteiger charge is 2.69. The highest BCUT2D eigenvalue weighted by atomic mass is 32.2. The molecule has 2 saturated carbocycles. The number of carbonyl (C=O) groups is 3. The Morgan fingerprint density at radius 2 is 1.71 bits per heavy atom. The largest absolute Gasteiger partial charge is 0.481 e. The van der Waals surface area contributed by atoms with Crippen LogP contribution in [0.4, 0.5) is 0 Å². The number of thioether (sulfide) groups is 1. The van der Waals surface area contributed by atoms with Gasteiger partial charge >= 0.3 is 10.8 Å². The molecular formula is C31H30N2O6S2. The fourth-order valence-electron chi connectivity index (χ4n) is 7.79. The highest BCUT2D eigenvalue weighted by molar-refractivity contribution is 8.00. The van der Waals surface area contributed by atoms with Crippen molar-refractivity contribution in [2.24, 2.45) is 29.6 Å². The van der Waals surface area contributed by atoms with Gasteiger partial charge in [0.1, 0.15) is 11.5 Å². The number of likely N-dealkylation sites (tertiary alicyclic amines) is 1. The molecule has 2 aliphatic carbocycles. The summed E-state index contributed by atoms with van der Waals surface area (Å²) in [6.07, 6.45) is 2.78. The van der Waals surface area contributed by atoms with E-state index in [2.05, 4.69) is 11.1 Å². The van der Waals surface area contributed by atoms with E-state index in [9.17, 15) is 19.2 Å². The summed E-state index contributed by atoms with van der Waals surface area (Å²) in [6, 6.07) is 17.6. The Labute approximate surface area is 245 Å². The summed E-state index contributed by atoms with van der Waals surface area (Å²) < 4.78 is 6.15. The Hall–Kier alpha value is -3.37. The number of H-pyrrole nitrogens is 1. The quantitative estimate of drug-likeness (QED) is 0.255. The molecule has 4 aliphatic rings. The van der Waals surface area contributed by atoms with Gasteiger partial charge in [0.15, 0.2) is 0 Å². The van der Waals surface area contributed by atoms with Crippen LogP contribution in [0.3, 0.4) is 0 Å². The van der Waals surface area contributed by atoms with Gasteiger partial charge < -0.3 is 14.8 Å². The first-order valence-corrected chi connectivity index (χ1v) is 15.9. The number of rotatable bonds is 9. The molecule has 2 N–H and O–H groups in total. The lowest BCUT2D eigenvalue weighted by molar-refractivity contribution is -0.141. The SMILES string of the molecule is O=C(O)CCCCCN1C(=O)C2C3CC(C2C1=O)C1C3Sc2[nH]c(=O)sc2[C@@H]1c1cccc(Oc2ccccc2)c1. The number of hydrogen-bond acceptors (Lipinski definition) is 7. The van der Waals surface area contributed by atoms with E-state index < -0.39 is 5.97 Å². The number of carbonyl (C=O) groups excluding carboxylic acids is 2. The summed E-state index contributed by atoms with van der Waals surface area (Å²) in [5.74, 6) is 0.0776. The van der Waals surface area contributed by atoms with Gasteiger partial charge in [-0.1, -0.05) is 48.1 Å². The zero-order chi connectivity index (χ0) is 28.2. The number of benzene rings is 2. The van der Waals surface area contributed by atoms with E-state index in [1.54, 1.807) is 11.8 Å². The van der Waals surface area contributed by atoms with Crippen molar-refractivity contribution in [3.8, 4) is 11.5 Å². The summed E-state index contributed by atoms with van der Waals surface area (Å²) in [5.41, 5.74) is 1.06. The first-order valence-electron chi connectivity index (χ1n) is 14.2. The van der Waals surface area contributed by atoms with Crippen molar-refractivity contribution in [3.05, 3.63) is 74.7 Å². The molecule has 7 atom stereocenters. The number of aromatic nitrogens is 1. The van der Waals surface area contributed by atoms with Gasteiger partial charge in [-0.15, -0.1) is 11.8 Å². The van der Waals surface area contributed by atoms with Crippen LogP contribution in [-0.2, 0) is 14.4 Å². The number of aliphatic carboxylic acids is 1. The van der Waals surface area contributed by atoms with Crippen LogP contribution in [0.1, 0.15) is 48.5 Å². The van der Waals surface area contributed by atoms with Crippen LogP contribution in [0.5, 0.6) is 11.5 Å². The van der Waals surface area contributed by atoms with Crippen LogP contribution in [-0.4, -0.2) is 44.6 Å². The third-order valence-electron chi connectivity index (χ3n) is 9.28. The molecule has 6 unspecified atom stereocenters. The van der Waals surface area contributed by atoms with Crippen molar-refractivity contribution < 1.29 is 24.2 Å². The van der Waals surface area contributed by atoms with E-state index >= 15 is 0 Å². The monoisotopic (exact) mass is 590 g/mol. The molecule has 2 aliphatic heterocycles. The normalized spacial score (nSPS) is 29.4. The molecule has 10 heteroatoms. The number of fused-ring (bicyclic) bond motifs is 9. The smallest absolute Gasteiger partial charge is 0.305 e. The summed E-state index contributed by atoms with van der Waals surface area (Å²) in [6.45, 7) is 0.356. The fraction of sp³-hybridized carbons (Fsp3) is 0.419. The van der Waals surface area contributed by atoms with E-state index in [1.807, 2.05) is 48.5 Å². The van der Waals surface area contributed by atoms with Crippen molar-refractivity contribution in [3.63, 3.8) is 0 Å². The van der Waals surface area contributed by atoms with Crippen molar-refractivity contribution >= 4 is 40.9 Å². The maximum Gasteiger partial charge on any atom is 0.305 e. The molecule has 2 bridgehead atoms. The number of thiazole rings is 1. The van der Waals surface area contributed by atoms with Crippen molar-refractivity contribution in [2.45, 2.75) is 48.3 Å². The van der Waals surface area contributed by atoms with Crippen molar-refractivity contribution in [2.75, 3.05) is 6.54 Å². The second-order valence-corrected chi connectivity index (χ2v) is 13.7. The Balaban J connectivity index is 1.18. The number of para-hydroxylation sites is 1. The van der Waals surface area contributed by atoms with Crippen molar-refractivity contribution in [1.82, 2.24) is 9.88 Å². The van der Waals surface area contributed by atoms with E-state index in [0.29, 0.717) is 25.8 Å². The molecule has 0 spiro atoms. The summed E-state index contributed by atoms with van der Waals surface area (Å²) in [7, 11) is 0. The molecule has 1 aromatic heterocycles. The number of ether oxygens (including phenoxy) is 1. The maximum absolute atomic E-state index is 13.7. The van der Waals surface area contributed by atoms with Gasteiger partial charge in [-0.3, -0.25) is 24.1 Å². The number of imide groups is 1. The predicted molar refractivity (Wildman–Crippen MR) is 154 cm³/mol. The standard InChI is InChI=1S/C31H30N2O6S2/c34-21(35)12-5-2-6-13-33-29(36)24-19-15-20(25(24)30(33)37)26-23(19)22(27-28(40-26)32-31(38)41-27)16-8-7-11-18(14-16)39-17-9-3-1-4-10-17/h1,3-4,7-11,14,19-20,22-26H,2,5-6,12-13,15H2,(H,32,38)(H,34,35)/t19?,20?,22-,23?,24?,25?,26?/m1/s1. The minimum Gasteiger partial charge on any atom is -0.481 e. The molecule has 41 heavy (non-hydrogen) atoms. The topological polar surface area (TPSA) is 117 Å². The summed E-state index contributed by atoms with van der Waals surface area (Å²) in [5, 5.41) is 9.91. The number of nitrogens with zero attached hydrogens (tertiary/aromatic N) is 1. The van der Waals surface area contributed by atoms with Crippen LogP contribution in [0.2, 0.25) is 0 Å². The zero-order valence-corrected chi connectivity index (χ0v) is 23.9. The summed E-state index contributed by atoms with van der Waals surface area (Å²) >= 11 is 2.93. The molecule has 8 nitrogen and oxygen atoms in total. The van der Waals surface area contributed by atoms with Crippen LogP contribution < -0.4 is 9.61 Å². The number of amides is 2. The number of aromatic amines is 1. The van der Waals surface area contributed by atoms with Gasteiger partial charge in [0, 0.05) is 29.0 Å². The number of carboxylic acids is 1. The maximum atomic E-state index is 13.7. The lowest BCUT2D eigenvalue weighted by Gasteiger charge is -2.43. The molecule has 2 aromatic carbocycles. The molecule has 3 aromatic rings. The van der Waals surface area contributed by atoms with Gasteiger partial charge in [0.25, 0.3) is 0 Å². The predicted octanol–water partition coefficient (Wildman–Crippen LogP) is 5.35. The van der Waals surface area contributed by atoms with Crippen LogP contribution in [0.15, 0.2) is 64.4 Å². The Kier molecular flexibility index (Phi) is 6.78. The first kappa shape index (κ1) is 26.5. The Bertz CT molecular complexity index is 1570. The van der Waals surface area contributed by atoms with E-state index in [-0.39, 0.29) is 63.9 Å². The molecule has 2 amide bonds. The molecule has 3 heterocycles. The van der Waals surface area contributed by atoms with Gasteiger partial charge in [-0.25, -0.2) is 0 Å². The van der Waals surface area contributed by atoms with Crippen molar-refractivity contribution in [1.29, 1.82) is 0 Å². The molecule has 3 fully saturated rings. The Morgan fingerprint density at radius 3 is 2.49 bits per heavy atom. The molecule has 212 valence electrons. The number of carboxylic acid groups (broad SMARTS) is 1. The molecule has 1 saturated heterocycles. The minimum atomic E-state index is -0.828. The Morgan fingerprint density at radius 1 is 0.951 bits per heavy atom. The molecule has 7 rings (SSSR count). The second-order valence-electron chi connectivity index (χ2n) is 11.5. The molecular weight excluding hydrogens is 560 g/mol. The van der Waals surface area contributed by atoms with Gasteiger partial charge in [-0.2, -0.15) is 0 Å². The third kappa shape index (κ3) is 4.52. The first-order chi connectivity index (χ1) is 19.9. The molecule has 0 radical (unpaired) electrons. The highest BCUT2D eigenvalue weighted by Crippen LogP contribution is 2.68. The third-order valence-corrected chi connectivity index (χ3v) is 11.9.